The number of para-hydroxylation sites is 1. The molecule has 14 heteroatoms. The molecule has 0 saturated heterocycles. The summed E-state index contributed by atoms with van der Waals surface area (Å²) in [6.07, 6.45) is 4.55. The highest BCUT2D eigenvalue weighted by Crippen LogP contribution is 2.19. The van der Waals surface area contributed by atoms with Crippen molar-refractivity contribution >= 4 is 40.5 Å². The van der Waals surface area contributed by atoms with Crippen LogP contribution in [0.1, 0.15) is 37.9 Å². The molecule has 0 bridgehead atoms. The van der Waals surface area contributed by atoms with Gasteiger partial charge < -0.3 is 42.5 Å². The molecule has 1 aromatic carbocycles. The molecule has 0 radical (unpaired) electrons. The summed E-state index contributed by atoms with van der Waals surface area (Å²) < 4.78 is 0. The van der Waals surface area contributed by atoms with Crippen molar-refractivity contribution in [1.29, 1.82) is 0 Å². The Labute approximate surface area is 236 Å². The Balaban J connectivity index is 1.80. The number of carbonyl (C=O) groups is 5. The Morgan fingerprint density at radius 2 is 1.66 bits per heavy atom. The lowest BCUT2D eigenvalue weighted by molar-refractivity contribution is -0.143. The summed E-state index contributed by atoms with van der Waals surface area (Å²) in [4.78, 5) is 72.4. The van der Waals surface area contributed by atoms with Gasteiger partial charge in [0.15, 0.2) is 0 Å². The van der Waals surface area contributed by atoms with Crippen molar-refractivity contribution in [3.05, 3.63) is 54.2 Å². The highest BCUT2D eigenvalue weighted by atomic mass is 16.4. The van der Waals surface area contributed by atoms with Gasteiger partial charge in [-0.1, -0.05) is 32.0 Å². The van der Waals surface area contributed by atoms with E-state index in [4.69, 9.17) is 11.5 Å². The highest BCUT2D eigenvalue weighted by molar-refractivity contribution is 5.95. The molecule has 0 aliphatic carbocycles. The highest BCUT2D eigenvalue weighted by Gasteiger charge is 2.32. The van der Waals surface area contributed by atoms with Gasteiger partial charge in [-0.2, -0.15) is 0 Å². The number of nitrogens with one attached hydrogen (secondary N) is 5. The third kappa shape index (κ3) is 8.63. The second-order valence-corrected chi connectivity index (χ2v) is 10.1. The Bertz CT molecular complexity index is 1370. The topological polar surface area (TPSA) is 238 Å². The van der Waals surface area contributed by atoms with E-state index in [9.17, 15) is 29.1 Å². The molecule has 0 fully saturated rings. The first kappa shape index (κ1) is 30.8. The zero-order chi connectivity index (χ0) is 30.1. The fraction of sp³-hybridized carbons (Fsp3) is 0.407. The second kappa shape index (κ2) is 14.1. The monoisotopic (exact) mass is 568 g/mol. The minimum absolute atomic E-state index is 0.0845. The molecule has 4 amide bonds. The number of nitrogens with zero attached hydrogens (tertiary/aromatic N) is 1. The maximum Gasteiger partial charge on any atom is 0.326 e. The van der Waals surface area contributed by atoms with E-state index in [-0.39, 0.29) is 25.7 Å². The van der Waals surface area contributed by atoms with Gasteiger partial charge in [0.2, 0.25) is 23.6 Å². The standard InChI is InChI=1S/C27H36N8O6/c1-14(2)23(26(39)33-20(27(40)41)7-8-22(29)36)35-25(38)21(9-15-11-31-19-6-4-3-5-17(15)19)34-24(37)18(28)10-16-12-30-13-32-16/h3-6,11-14,18,20-21,23,31H,7-10,28H2,1-2H3,(H2,29,36)(H,30,32)(H,33,39)(H,34,37)(H,35,38)(H,40,41). The summed E-state index contributed by atoms with van der Waals surface area (Å²) >= 11 is 0. The predicted molar refractivity (Wildman–Crippen MR) is 149 cm³/mol. The number of H-pyrrole nitrogens is 2. The zero-order valence-corrected chi connectivity index (χ0v) is 22.8. The van der Waals surface area contributed by atoms with Crippen molar-refractivity contribution in [1.82, 2.24) is 30.9 Å². The van der Waals surface area contributed by atoms with Crippen molar-refractivity contribution in [2.24, 2.45) is 17.4 Å². The lowest BCUT2D eigenvalue weighted by Gasteiger charge is -2.27. The number of benzene rings is 1. The fourth-order valence-electron chi connectivity index (χ4n) is 4.33. The number of carboxylic acid groups (broad SMARTS) is 1. The molecule has 10 N–H and O–H groups in total. The number of aliphatic carboxylic acids is 1. The number of carbonyl (C=O) groups excluding carboxylic acids is 4. The molecule has 14 nitrogen and oxygen atoms in total. The summed E-state index contributed by atoms with van der Waals surface area (Å²) in [5, 5.41) is 18.1. The number of nitrogens with two attached hydrogens (primary N) is 2. The molecule has 3 rings (SSSR count). The Morgan fingerprint density at radius 3 is 2.29 bits per heavy atom. The molecule has 4 unspecified atom stereocenters. The van der Waals surface area contributed by atoms with Crippen LogP contribution in [0.5, 0.6) is 0 Å². The maximum absolute atomic E-state index is 13.6. The molecule has 4 atom stereocenters. The van der Waals surface area contributed by atoms with E-state index in [1.54, 1.807) is 26.2 Å². The van der Waals surface area contributed by atoms with Crippen LogP contribution in [-0.4, -0.2) is 73.8 Å². The minimum Gasteiger partial charge on any atom is -0.480 e. The van der Waals surface area contributed by atoms with E-state index >= 15 is 0 Å². The molecule has 2 aromatic heterocycles. The summed E-state index contributed by atoms with van der Waals surface area (Å²) in [5.74, 6) is -4.49. The van der Waals surface area contributed by atoms with E-state index in [0.29, 0.717) is 5.69 Å². The van der Waals surface area contributed by atoms with Crippen LogP contribution in [-0.2, 0) is 36.8 Å². The number of aromatic nitrogens is 3. The smallest absolute Gasteiger partial charge is 0.326 e. The van der Waals surface area contributed by atoms with Crippen LogP contribution in [0.3, 0.4) is 0 Å². The number of aromatic amines is 2. The Hall–Kier alpha value is -4.72. The first-order valence-electron chi connectivity index (χ1n) is 13.2. The number of amides is 4. The molecular weight excluding hydrogens is 532 g/mol. The van der Waals surface area contributed by atoms with Crippen molar-refractivity contribution in [2.75, 3.05) is 0 Å². The lowest BCUT2D eigenvalue weighted by Crippen LogP contribution is -2.59. The number of carboxylic acids is 1. The van der Waals surface area contributed by atoms with Gasteiger partial charge in [-0.25, -0.2) is 9.78 Å². The summed E-state index contributed by atoms with van der Waals surface area (Å²) in [7, 11) is 0. The fourth-order valence-corrected chi connectivity index (χ4v) is 4.33. The van der Waals surface area contributed by atoms with E-state index in [0.717, 1.165) is 16.5 Å². The van der Waals surface area contributed by atoms with E-state index < -0.39 is 59.7 Å². The molecule has 2 heterocycles. The van der Waals surface area contributed by atoms with Gasteiger partial charge in [-0.05, 0) is 24.0 Å². The average Bonchev–Trinajstić information content (AvgIpc) is 3.58. The summed E-state index contributed by atoms with van der Waals surface area (Å²) in [6, 6.07) is 2.85. The van der Waals surface area contributed by atoms with Crippen molar-refractivity contribution in [2.45, 2.75) is 63.7 Å². The van der Waals surface area contributed by atoms with E-state index in [2.05, 4.69) is 30.9 Å². The minimum atomic E-state index is -1.38. The molecule has 0 aliphatic heterocycles. The van der Waals surface area contributed by atoms with Crippen LogP contribution in [0.25, 0.3) is 10.9 Å². The Kier molecular flexibility index (Phi) is 10.6. The van der Waals surface area contributed by atoms with Crippen LogP contribution in [0.15, 0.2) is 43.0 Å². The van der Waals surface area contributed by atoms with Crippen molar-refractivity contribution in [3.63, 3.8) is 0 Å². The SMILES string of the molecule is CC(C)C(NC(=O)C(Cc1c[nH]c2ccccc12)NC(=O)C(N)Cc1cnc[nH]1)C(=O)NC(CCC(N)=O)C(=O)O. The number of primary amides is 1. The zero-order valence-electron chi connectivity index (χ0n) is 22.8. The van der Waals surface area contributed by atoms with Crippen LogP contribution in [0.2, 0.25) is 0 Å². The van der Waals surface area contributed by atoms with Gasteiger partial charge in [0.05, 0.1) is 12.4 Å². The van der Waals surface area contributed by atoms with Gasteiger partial charge in [-0.15, -0.1) is 0 Å². The van der Waals surface area contributed by atoms with Crippen LogP contribution in [0, 0.1) is 5.92 Å². The van der Waals surface area contributed by atoms with E-state index in [1.807, 2.05) is 24.3 Å². The predicted octanol–water partition coefficient (Wildman–Crippen LogP) is -0.536. The molecule has 0 saturated carbocycles. The number of fused-ring (bicyclic) bond motifs is 1. The third-order valence-corrected chi connectivity index (χ3v) is 6.60. The molecule has 0 spiro atoms. The van der Waals surface area contributed by atoms with Crippen molar-refractivity contribution in [3.8, 4) is 0 Å². The summed E-state index contributed by atoms with van der Waals surface area (Å²) in [5.41, 5.74) is 13.5. The lowest BCUT2D eigenvalue weighted by atomic mass is 9.99. The number of imidazole rings is 1. The van der Waals surface area contributed by atoms with Crippen molar-refractivity contribution < 1.29 is 29.1 Å². The number of rotatable bonds is 15. The van der Waals surface area contributed by atoms with Gasteiger partial charge in [0.25, 0.3) is 0 Å². The Morgan fingerprint density at radius 1 is 0.951 bits per heavy atom. The molecular formula is C27H36N8O6. The second-order valence-electron chi connectivity index (χ2n) is 10.1. The quantitative estimate of drug-likeness (QED) is 0.118. The third-order valence-electron chi connectivity index (χ3n) is 6.60. The maximum atomic E-state index is 13.6. The van der Waals surface area contributed by atoms with Crippen LogP contribution < -0.4 is 27.4 Å². The molecule has 3 aromatic rings. The van der Waals surface area contributed by atoms with Gasteiger partial charge >= 0.3 is 5.97 Å². The first-order valence-corrected chi connectivity index (χ1v) is 13.2. The van der Waals surface area contributed by atoms with Crippen LogP contribution >= 0.6 is 0 Å². The van der Waals surface area contributed by atoms with Crippen LogP contribution in [0.4, 0.5) is 0 Å². The molecule has 41 heavy (non-hydrogen) atoms. The first-order chi connectivity index (χ1) is 19.5. The average molecular weight is 569 g/mol. The van der Waals surface area contributed by atoms with Gasteiger partial charge in [-0.3, -0.25) is 19.2 Å². The van der Waals surface area contributed by atoms with Gasteiger partial charge in [0.1, 0.15) is 18.1 Å². The number of hydrogen-bond donors (Lipinski definition) is 8. The number of hydrogen-bond acceptors (Lipinski definition) is 7. The molecule has 0 aliphatic rings. The normalized spacial score (nSPS) is 14.1. The van der Waals surface area contributed by atoms with E-state index in [1.165, 1.54) is 6.33 Å². The summed E-state index contributed by atoms with van der Waals surface area (Å²) in [6.45, 7) is 3.36. The molecule has 220 valence electrons. The van der Waals surface area contributed by atoms with Gasteiger partial charge in [0, 0.05) is 48.3 Å². The largest absolute Gasteiger partial charge is 0.480 e.